The Morgan fingerprint density at radius 1 is 1.15 bits per heavy atom. The Morgan fingerprint density at radius 3 is 2.50 bits per heavy atom. The van der Waals surface area contributed by atoms with E-state index >= 15 is 0 Å². The van der Waals surface area contributed by atoms with Gasteiger partial charge in [0.1, 0.15) is 5.00 Å². The van der Waals surface area contributed by atoms with Crippen molar-refractivity contribution < 1.29 is 27.5 Å². The van der Waals surface area contributed by atoms with Crippen molar-refractivity contribution in [2.24, 2.45) is 0 Å². The molecule has 4 rings (SSSR count). The highest BCUT2D eigenvalue weighted by Gasteiger charge is 2.30. The molecule has 0 saturated carbocycles. The molecule has 0 spiro atoms. The highest BCUT2D eigenvalue weighted by atomic mass is 32.1. The number of carbonyl (C=O) groups is 2. The molecule has 176 valence electrons. The third-order valence-electron chi connectivity index (χ3n) is 4.73. The maximum atomic E-state index is 13.3. The van der Waals surface area contributed by atoms with Crippen LogP contribution < -0.4 is 10.9 Å². The van der Waals surface area contributed by atoms with Crippen molar-refractivity contribution in [2.45, 2.75) is 19.5 Å². The summed E-state index contributed by atoms with van der Waals surface area (Å²) in [6.07, 6.45) is -4.45. The van der Waals surface area contributed by atoms with Gasteiger partial charge in [-0.25, -0.2) is 4.79 Å². The maximum Gasteiger partial charge on any atom is 0.416 e. The lowest BCUT2D eigenvalue weighted by molar-refractivity contribution is -0.137. The zero-order valence-corrected chi connectivity index (χ0v) is 19.1. The van der Waals surface area contributed by atoms with E-state index in [9.17, 15) is 27.6 Å². The summed E-state index contributed by atoms with van der Waals surface area (Å²) in [6.45, 7) is 1.65. The lowest BCUT2D eigenvalue weighted by Crippen LogP contribution is -2.26. The number of nitrogens with zero attached hydrogens (tertiary/aromatic N) is 2. The Hall–Kier alpha value is -3.51. The quantitative estimate of drug-likeness (QED) is 0.376. The van der Waals surface area contributed by atoms with E-state index in [1.165, 1.54) is 16.7 Å². The number of alkyl halides is 3. The first kappa shape index (κ1) is 23.6. The van der Waals surface area contributed by atoms with Gasteiger partial charge in [0.2, 0.25) is 5.91 Å². The standard InChI is InChI=1S/C22H16F3N3O4S2/c1-2-32-21(31)18-15-11-34-19(26-16(29)10-14-4-3-9-33-14)17(15)20(30)28(27-18)13-7-5-12(6-8-13)22(23,24)25/h3-9,11H,2,10H2,1H3,(H,26,29). The van der Waals surface area contributed by atoms with E-state index in [1.807, 2.05) is 11.4 Å². The number of fused-ring (bicyclic) bond motifs is 1. The van der Waals surface area contributed by atoms with Gasteiger partial charge in [-0.15, -0.1) is 22.7 Å². The average Bonchev–Trinajstić information content (AvgIpc) is 3.44. The van der Waals surface area contributed by atoms with Crippen LogP contribution in [0.5, 0.6) is 0 Å². The smallest absolute Gasteiger partial charge is 0.416 e. The van der Waals surface area contributed by atoms with Crippen LogP contribution in [0.2, 0.25) is 0 Å². The zero-order valence-electron chi connectivity index (χ0n) is 17.5. The SMILES string of the molecule is CCOC(=O)c1nn(-c2ccc(C(F)(F)F)cc2)c(=O)c2c(NC(=O)Cc3cccs3)scc12. The van der Waals surface area contributed by atoms with E-state index in [0.29, 0.717) is 0 Å². The summed E-state index contributed by atoms with van der Waals surface area (Å²) in [6, 6.07) is 7.41. The molecule has 0 saturated heterocycles. The summed E-state index contributed by atoms with van der Waals surface area (Å²) in [7, 11) is 0. The molecule has 0 fully saturated rings. The summed E-state index contributed by atoms with van der Waals surface area (Å²) < 4.78 is 44.7. The van der Waals surface area contributed by atoms with E-state index in [1.54, 1.807) is 13.0 Å². The second-order valence-electron chi connectivity index (χ2n) is 6.99. The Bertz CT molecular complexity index is 1410. The molecule has 0 unspecified atom stereocenters. The predicted molar refractivity (Wildman–Crippen MR) is 123 cm³/mol. The van der Waals surface area contributed by atoms with Crippen molar-refractivity contribution in [1.29, 1.82) is 0 Å². The molecule has 1 amide bonds. The van der Waals surface area contributed by atoms with E-state index < -0.39 is 23.3 Å². The number of halogens is 3. The maximum absolute atomic E-state index is 13.3. The molecule has 1 aromatic carbocycles. The van der Waals surface area contributed by atoms with Crippen molar-refractivity contribution in [3.63, 3.8) is 0 Å². The van der Waals surface area contributed by atoms with Crippen molar-refractivity contribution in [2.75, 3.05) is 11.9 Å². The number of thiophene rings is 2. The number of esters is 1. The normalized spacial score (nSPS) is 11.5. The van der Waals surface area contributed by atoms with Crippen LogP contribution in [0.3, 0.4) is 0 Å². The zero-order chi connectivity index (χ0) is 24.5. The first-order chi connectivity index (χ1) is 16.2. The summed E-state index contributed by atoms with van der Waals surface area (Å²) >= 11 is 2.45. The number of ether oxygens (including phenoxy) is 1. The number of anilines is 1. The predicted octanol–water partition coefficient (Wildman–Crippen LogP) is 4.89. The summed E-state index contributed by atoms with van der Waals surface area (Å²) in [5.74, 6) is -1.16. The molecule has 34 heavy (non-hydrogen) atoms. The molecule has 3 aromatic heterocycles. The third-order valence-corrected chi connectivity index (χ3v) is 6.50. The molecule has 0 atom stereocenters. The van der Waals surface area contributed by atoms with Gasteiger partial charge in [0.25, 0.3) is 5.56 Å². The third kappa shape index (κ3) is 4.73. The molecule has 7 nitrogen and oxygen atoms in total. The summed E-state index contributed by atoms with van der Waals surface area (Å²) in [4.78, 5) is 39.2. The van der Waals surface area contributed by atoms with Gasteiger partial charge in [-0.3, -0.25) is 9.59 Å². The van der Waals surface area contributed by atoms with Gasteiger partial charge in [-0.2, -0.15) is 23.0 Å². The number of carbonyl (C=O) groups excluding carboxylic acids is 2. The number of aromatic nitrogens is 2. The van der Waals surface area contributed by atoms with Crippen LogP contribution in [0, 0.1) is 0 Å². The molecule has 0 bridgehead atoms. The first-order valence-electron chi connectivity index (χ1n) is 9.90. The Labute approximate surface area is 198 Å². The fourth-order valence-electron chi connectivity index (χ4n) is 3.20. The van der Waals surface area contributed by atoms with Crippen LogP contribution >= 0.6 is 22.7 Å². The van der Waals surface area contributed by atoms with Crippen LogP contribution in [0.15, 0.2) is 52.0 Å². The molecule has 1 N–H and O–H groups in total. The van der Waals surface area contributed by atoms with Crippen LogP contribution in [-0.4, -0.2) is 28.3 Å². The Morgan fingerprint density at radius 2 is 1.88 bits per heavy atom. The number of hydrogen-bond acceptors (Lipinski definition) is 7. The first-order valence-corrected chi connectivity index (χ1v) is 11.7. The molecular formula is C22H16F3N3O4S2. The van der Waals surface area contributed by atoms with Crippen molar-refractivity contribution in [1.82, 2.24) is 9.78 Å². The van der Waals surface area contributed by atoms with Crippen LogP contribution in [0.25, 0.3) is 16.5 Å². The van der Waals surface area contributed by atoms with Crippen LogP contribution in [0.4, 0.5) is 18.2 Å². The van der Waals surface area contributed by atoms with Crippen molar-refractivity contribution >= 4 is 50.3 Å². The van der Waals surface area contributed by atoms with Gasteiger partial charge >= 0.3 is 12.1 Å². The Kier molecular flexibility index (Phi) is 6.53. The summed E-state index contributed by atoms with van der Waals surface area (Å²) in [5.41, 5.74) is -1.76. The highest BCUT2D eigenvalue weighted by molar-refractivity contribution is 7.16. The number of rotatable bonds is 6. The van der Waals surface area contributed by atoms with Gasteiger partial charge in [0, 0.05) is 15.6 Å². The minimum absolute atomic E-state index is 0.0162. The molecule has 3 heterocycles. The van der Waals surface area contributed by atoms with Gasteiger partial charge < -0.3 is 10.1 Å². The van der Waals surface area contributed by atoms with Crippen LogP contribution in [-0.2, 0) is 22.1 Å². The number of hydrogen-bond donors (Lipinski definition) is 1. The molecule has 0 radical (unpaired) electrons. The molecule has 0 aliphatic rings. The van der Waals surface area contributed by atoms with Crippen molar-refractivity contribution in [3.05, 3.63) is 73.6 Å². The minimum Gasteiger partial charge on any atom is -0.461 e. The fraction of sp³-hybridized carbons (Fsp3) is 0.182. The molecule has 0 aliphatic carbocycles. The summed E-state index contributed by atoms with van der Waals surface area (Å²) in [5, 5.41) is 10.5. The van der Waals surface area contributed by atoms with Gasteiger partial charge in [-0.05, 0) is 42.6 Å². The Balaban J connectivity index is 1.82. The van der Waals surface area contributed by atoms with E-state index in [2.05, 4.69) is 10.4 Å². The number of amides is 1. The van der Waals surface area contributed by atoms with Gasteiger partial charge in [-0.1, -0.05) is 6.07 Å². The monoisotopic (exact) mass is 507 g/mol. The van der Waals surface area contributed by atoms with Crippen LogP contribution in [0.1, 0.15) is 27.9 Å². The number of nitrogens with one attached hydrogen (secondary N) is 1. The molecule has 4 aromatic rings. The van der Waals surface area contributed by atoms with E-state index in [-0.39, 0.29) is 46.1 Å². The number of benzene rings is 1. The second kappa shape index (κ2) is 9.39. The topological polar surface area (TPSA) is 90.3 Å². The molecule has 0 aliphatic heterocycles. The lowest BCUT2D eigenvalue weighted by Gasteiger charge is -2.11. The lowest BCUT2D eigenvalue weighted by atomic mass is 10.2. The minimum atomic E-state index is -4.55. The average molecular weight is 508 g/mol. The molecule has 12 heteroatoms. The highest BCUT2D eigenvalue weighted by Crippen LogP contribution is 2.32. The fourth-order valence-corrected chi connectivity index (χ4v) is 4.86. The van der Waals surface area contributed by atoms with E-state index in [4.69, 9.17) is 4.74 Å². The van der Waals surface area contributed by atoms with Gasteiger partial charge in [0.05, 0.1) is 29.7 Å². The van der Waals surface area contributed by atoms with Crippen molar-refractivity contribution in [3.8, 4) is 5.69 Å². The second-order valence-corrected chi connectivity index (χ2v) is 8.90. The van der Waals surface area contributed by atoms with Gasteiger partial charge in [0.15, 0.2) is 5.69 Å². The largest absolute Gasteiger partial charge is 0.461 e. The van der Waals surface area contributed by atoms with E-state index in [0.717, 1.165) is 45.2 Å². The molecular weight excluding hydrogens is 491 g/mol.